The van der Waals surface area contributed by atoms with E-state index in [9.17, 15) is 14.4 Å². The van der Waals surface area contributed by atoms with Crippen molar-refractivity contribution in [1.82, 2.24) is 9.80 Å². The van der Waals surface area contributed by atoms with Gasteiger partial charge >= 0.3 is 17.8 Å². The average Bonchev–Trinajstić information content (AvgIpc) is 2.81. The Hall–Kier alpha value is -2.37. The van der Waals surface area contributed by atoms with Gasteiger partial charge in [0.1, 0.15) is 12.4 Å². The Morgan fingerprint density at radius 2 is 1.72 bits per heavy atom. The Balaban J connectivity index is 1.62. The fraction of sp³-hybridized carbons (Fsp3) is 0.526. The monoisotopic (exact) mass is 344 g/mol. The van der Waals surface area contributed by atoms with Gasteiger partial charge in [0.15, 0.2) is 0 Å². The second-order valence-corrected chi connectivity index (χ2v) is 6.91. The summed E-state index contributed by atoms with van der Waals surface area (Å²) in [6, 6.07) is 6.87. The second-order valence-electron chi connectivity index (χ2n) is 6.91. The molecule has 0 spiro atoms. The van der Waals surface area contributed by atoms with Gasteiger partial charge in [0.05, 0.1) is 6.54 Å². The maximum atomic E-state index is 12.6. The number of hydrogen-bond acceptors (Lipinski definition) is 4. The lowest BCUT2D eigenvalue weighted by Crippen LogP contribution is -2.46. The van der Waals surface area contributed by atoms with Gasteiger partial charge in [0.2, 0.25) is 0 Å². The van der Waals surface area contributed by atoms with E-state index in [-0.39, 0.29) is 25.1 Å². The maximum absolute atomic E-state index is 12.6. The lowest BCUT2D eigenvalue weighted by Gasteiger charge is -2.34. The highest BCUT2D eigenvalue weighted by molar-refractivity contribution is 6.44. The van der Waals surface area contributed by atoms with E-state index in [1.165, 1.54) is 4.90 Å². The summed E-state index contributed by atoms with van der Waals surface area (Å²) in [5, 5.41) is 0. The van der Waals surface area contributed by atoms with Crippen LogP contribution in [0.3, 0.4) is 0 Å². The SMILES string of the molecule is Cc1ccc(OCCN2C(=O)C(=O)N([C@@H]3CCCC[C@@H]3C)C2=O)cc1. The molecule has 1 aliphatic heterocycles. The third-order valence-electron chi connectivity index (χ3n) is 5.09. The van der Waals surface area contributed by atoms with Crippen molar-refractivity contribution in [3.63, 3.8) is 0 Å². The average molecular weight is 344 g/mol. The maximum Gasteiger partial charge on any atom is 0.334 e. The standard InChI is InChI=1S/C19H24N2O4/c1-13-7-9-15(10-8-13)25-12-11-20-17(22)18(23)21(19(20)24)16-6-4-3-5-14(16)2/h7-10,14,16H,3-6,11-12H2,1-2H3/t14-,16+/m0/s1. The van der Waals surface area contributed by atoms with Gasteiger partial charge in [-0.1, -0.05) is 37.5 Å². The number of hydrogen-bond donors (Lipinski definition) is 0. The van der Waals surface area contributed by atoms with Crippen LogP contribution in [0.25, 0.3) is 0 Å². The van der Waals surface area contributed by atoms with Crippen LogP contribution in [-0.4, -0.2) is 46.8 Å². The van der Waals surface area contributed by atoms with Gasteiger partial charge in [-0.25, -0.2) is 4.79 Å². The molecule has 0 bridgehead atoms. The number of urea groups is 1. The molecule has 134 valence electrons. The van der Waals surface area contributed by atoms with E-state index in [1.807, 2.05) is 38.1 Å². The largest absolute Gasteiger partial charge is 0.492 e. The predicted octanol–water partition coefficient (Wildman–Crippen LogP) is 2.74. The fourth-order valence-corrected chi connectivity index (χ4v) is 3.58. The van der Waals surface area contributed by atoms with Crippen molar-refractivity contribution < 1.29 is 19.1 Å². The molecule has 1 aromatic carbocycles. The minimum absolute atomic E-state index is 0.0783. The summed E-state index contributed by atoms with van der Waals surface area (Å²) in [6.07, 6.45) is 3.85. The van der Waals surface area contributed by atoms with E-state index < -0.39 is 17.8 Å². The quantitative estimate of drug-likeness (QED) is 0.608. The molecular formula is C19H24N2O4. The van der Waals surface area contributed by atoms with Crippen LogP contribution in [-0.2, 0) is 9.59 Å². The van der Waals surface area contributed by atoms with E-state index in [0.717, 1.165) is 36.1 Å². The lowest BCUT2D eigenvalue weighted by molar-refractivity contribution is -0.144. The number of carbonyl (C=O) groups is 3. The molecule has 1 saturated carbocycles. The van der Waals surface area contributed by atoms with Crippen molar-refractivity contribution in [2.24, 2.45) is 5.92 Å². The molecule has 0 unspecified atom stereocenters. The van der Waals surface area contributed by atoms with Crippen molar-refractivity contribution in [3.8, 4) is 5.75 Å². The van der Waals surface area contributed by atoms with Gasteiger partial charge in [-0.2, -0.15) is 0 Å². The highest BCUT2D eigenvalue weighted by atomic mass is 16.5. The van der Waals surface area contributed by atoms with Crippen molar-refractivity contribution in [2.75, 3.05) is 13.2 Å². The molecule has 6 heteroatoms. The molecule has 6 nitrogen and oxygen atoms in total. The fourth-order valence-electron chi connectivity index (χ4n) is 3.58. The third-order valence-corrected chi connectivity index (χ3v) is 5.09. The molecule has 2 aliphatic rings. The Kier molecular flexibility index (Phi) is 5.06. The third kappa shape index (κ3) is 3.52. The van der Waals surface area contributed by atoms with Crippen molar-refractivity contribution in [3.05, 3.63) is 29.8 Å². The molecule has 3 rings (SSSR count). The van der Waals surface area contributed by atoms with E-state index >= 15 is 0 Å². The van der Waals surface area contributed by atoms with Crippen LogP contribution in [0.15, 0.2) is 24.3 Å². The van der Waals surface area contributed by atoms with E-state index in [2.05, 4.69) is 0 Å². The van der Waals surface area contributed by atoms with Crippen LogP contribution in [0.5, 0.6) is 5.75 Å². The molecule has 1 saturated heterocycles. The minimum Gasteiger partial charge on any atom is -0.492 e. The molecule has 0 N–H and O–H groups in total. The zero-order valence-electron chi connectivity index (χ0n) is 14.7. The van der Waals surface area contributed by atoms with Crippen LogP contribution in [0.1, 0.15) is 38.2 Å². The highest BCUT2D eigenvalue weighted by Gasteiger charge is 2.48. The number of aryl methyl sites for hydroxylation is 1. The Morgan fingerprint density at radius 1 is 1.04 bits per heavy atom. The zero-order chi connectivity index (χ0) is 18.0. The summed E-state index contributed by atoms with van der Waals surface area (Å²) in [4.78, 5) is 39.3. The summed E-state index contributed by atoms with van der Waals surface area (Å²) in [7, 11) is 0. The summed E-state index contributed by atoms with van der Waals surface area (Å²) >= 11 is 0. The van der Waals surface area contributed by atoms with E-state index in [1.54, 1.807) is 0 Å². The normalized spacial score (nSPS) is 24.2. The molecular weight excluding hydrogens is 320 g/mol. The molecule has 1 heterocycles. The first kappa shape index (κ1) is 17.5. The smallest absolute Gasteiger partial charge is 0.334 e. The predicted molar refractivity (Wildman–Crippen MR) is 92.0 cm³/mol. The number of ether oxygens (including phenoxy) is 1. The Morgan fingerprint density at radius 3 is 2.40 bits per heavy atom. The van der Waals surface area contributed by atoms with Gasteiger partial charge in [-0.3, -0.25) is 19.4 Å². The molecule has 0 radical (unpaired) electrons. The number of amides is 4. The number of nitrogens with zero attached hydrogens (tertiary/aromatic N) is 2. The van der Waals surface area contributed by atoms with Crippen molar-refractivity contribution in [1.29, 1.82) is 0 Å². The van der Waals surface area contributed by atoms with Crippen LogP contribution in [0, 0.1) is 12.8 Å². The summed E-state index contributed by atoms with van der Waals surface area (Å²) in [5.41, 5.74) is 1.13. The van der Waals surface area contributed by atoms with Crippen LogP contribution in [0.4, 0.5) is 4.79 Å². The van der Waals surface area contributed by atoms with Gasteiger partial charge in [0.25, 0.3) is 0 Å². The zero-order valence-corrected chi connectivity index (χ0v) is 14.7. The first-order valence-corrected chi connectivity index (χ1v) is 8.87. The number of imide groups is 2. The van der Waals surface area contributed by atoms with Gasteiger partial charge < -0.3 is 4.74 Å². The Labute approximate surface area is 147 Å². The summed E-state index contributed by atoms with van der Waals surface area (Å²) in [5.74, 6) is -0.527. The van der Waals surface area contributed by atoms with Gasteiger partial charge in [0, 0.05) is 6.04 Å². The lowest BCUT2D eigenvalue weighted by atomic mass is 9.85. The van der Waals surface area contributed by atoms with Crippen molar-refractivity contribution in [2.45, 2.75) is 45.6 Å². The minimum atomic E-state index is -0.740. The van der Waals surface area contributed by atoms with Crippen LogP contribution < -0.4 is 4.74 Å². The molecule has 25 heavy (non-hydrogen) atoms. The summed E-state index contributed by atoms with van der Waals surface area (Å²) < 4.78 is 5.58. The van der Waals surface area contributed by atoms with Crippen LogP contribution >= 0.6 is 0 Å². The highest BCUT2D eigenvalue weighted by Crippen LogP contribution is 2.31. The van der Waals surface area contributed by atoms with E-state index in [4.69, 9.17) is 4.74 Å². The molecule has 4 amide bonds. The summed E-state index contributed by atoms with van der Waals surface area (Å²) in [6.45, 7) is 4.27. The number of rotatable bonds is 5. The Bertz CT molecular complexity index is 671. The van der Waals surface area contributed by atoms with Gasteiger partial charge in [-0.05, 0) is 37.8 Å². The van der Waals surface area contributed by atoms with E-state index in [0.29, 0.717) is 5.75 Å². The number of carbonyl (C=O) groups excluding carboxylic acids is 3. The van der Waals surface area contributed by atoms with Crippen LogP contribution in [0.2, 0.25) is 0 Å². The first-order chi connectivity index (χ1) is 12.0. The topological polar surface area (TPSA) is 66.9 Å². The number of benzene rings is 1. The molecule has 2 fully saturated rings. The van der Waals surface area contributed by atoms with Gasteiger partial charge in [-0.15, -0.1) is 0 Å². The molecule has 2 atom stereocenters. The molecule has 1 aliphatic carbocycles. The molecule has 0 aromatic heterocycles. The second kappa shape index (κ2) is 7.25. The first-order valence-electron chi connectivity index (χ1n) is 8.87. The van der Waals surface area contributed by atoms with Crippen molar-refractivity contribution >= 4 is 17.8 Å². The molecule has 1 aromatic rings.